The molecule has 0 amide bonds. The van der Waals surface area contributed by atoms with Crippen molar-refractivity contribution in [3.8, 4) is 0 Å². The third-order valence-corrected chi connectivity index (χ3v) is 5.22. The zero-order valence-electron chi connectivity index (χ0n) is 10.6. The summed E-state index contributed by atoms with van der Waals surface area (Å²) in [4.78, 5) is 0. The Morgan fingerprint density at radius 1 is 1.33 bits per heavy atom. The first-order valence-corrected chi connectivity index (χ1v) is 6.83. The highest BCUT2D eigenvalue weighted by atomic mass is 14.7. The lowest BCUT2D eigenvalue weighted by Crippen LogP contribution is -2.43. The molecule has 2 fully saturated rings. The summed E-state index contributed by atoms with van der Waals surface area (Å²) in [7, 11) is 0. The van der Waals surface area contributed by atoms with Gasteiger partial charge in [-0.1, -0.05) is 20.3 Å². The van der Waals surface area contributed by atoms with E-state index in [0.717, 1.165) is 17.8 Å². The van der Waals surface area contributed by atoms with Gasteiger partial charge in [-0.2, -0.15) is 0 Å². The molecule has 2 bridgehead atoms. The number of hydrogen-bond acceptors (Lipinski definition) is 1. The molecule has 2 N–H and O–H groups in total. The molecule has 2 aliphatic carbocycles. The Morgan fingerprint density at radius 3 is 2.60 bits per heavy atom. The largest absolute Gasteiger partial charge is 0.327 e. The fourth-order valence-electron chi connectivity index (χ4n) is 4.41. The Kier molecular flexibility index (Phi) is 3.12. The number of hydrogen-bond donors (Lipinski definition) is 1. The smallest absolute Gasteiger partial charge is 0.00672 e. The summed E-state index contributed by atoms with van der Waals surface area (Å²) in [5.41, 5.74) is 6.78. The molecule has 1 heteroatoms. The SMILES string of the molecule is CCCC1(C(C)N)CC2CC(C)C(C2)C1. The Labute approximate surface area is 94.8 Å². The molecule has 0 aromatic heterocycles. The van der Waals surface area contributed by atoms with Crippen molar-refractivity contribution in [1.82, 2.24) is 0 Å². The highest BCUT2D eigenvalue weighted by Gasteiger charge is 2.47. The van der Waals surface area contributed by atoms with Crippen molar-refractivity contribution >= 4 is 0 Å². The van der Waals surface area contributed by atoms with Crippen molar-refractivity contribution in [2.75, 3.05) is 0 Å². The van der Waals surface area contributed by atoms with E-state index in [9.17, 15) is 0 Å². The molecule has 5 unspecified atom stereocenters. The predicted molar refractivity (Wildman–Crippen MR) is 65.6 cm³/mol. The van der Waals surface area contributed by atoms with Crippen molar-refractivity contribution < 1.29 is 0 Å². The molecule has 0 saturated heterocycles. The van der Waals surface area contributed by atoms with Crippen molar-refractivity contribution in [2.24, 2.45) is 28.9 Å². The second kappa shape index (κ2) is 4.08. The van der Waals surface area contributed by atoms with Gasteiger partial charge in [0.15, 0.2) is 0 Å². The minimum absolute atomic E-state index is 0.396. The zero-order valence-corrected chi connectivity index (χ0v) is 10.6. The van der Waals surface area contributed by atoms with Gasteiger partial charge in [0, 0.05) is 6.04 Å². The minimum Gasteiger partial charge on any atom is -0.327 e. The lowest BCUT2D eigenvalue weighted by molar-refractivity contribution is 0.0862. The van der Waals surface area contributed by atoms with Gasteiger partial charge in [0.1, 0.15) is 0 Å². The van der Waals surface area contributed by atoms with Gasteiger partial charge in [-0.05, 0) is 62.2 Å². The zero-order chi connectivity index (χ0) is 11.1. The van der Waals surface area contributed by atoms with Crippen LogP contribution in [0.5, 0.6) is 0 Å². The minimum atomic E-state index is 0.396. The standard InChI is InChI=1S/C14H27N/c1-4-5-14(11(3)15)8-12-6-10(2)13(7-12)9-14/h10-13H,4-9,15H2,1-3H3. The molecule has 15 heavy (non-hydrogen) atoms. The van der Waals surface area contributed by atoms with Crippen molar-refractivity contribution in [3.63, 3.8) is 0 Å². The van der Waals surface area contributed by atoms with E-state index in [-0.39, 0.29) is 0 Å². The van der Waals surface area contributed by atoms with E-state index < -0.39 is 0 Å². The van der Waals surface area contributed by atoms with Crippen LogP contribution in [0.4, 0.5) is 0 Å². The van der Waals surface area contributed by atoms with Crippen LogP contribution in [0.25, 0.3) is 0 Å². The molecular formula is C14H27N. The predicted octanol–water partition coefficient (Wildman–Crippen LogP) is 3.58. The number of rotatable bonds is 3. The van der Waals surface area contributed by atoms with E-state index in [0.29, 0.717) is 11.5 Å². The van der Waals surface area contributed by atoms with Gasteiger partial charge >= 0.3 is 0 Å². The molecule has 0 radical (unpaired) electrons. The van der Waals surface area contributed by atoms with Crippen LogP contribution in [0.3, 0.4) is 0 Å². The Balaban J connectivity index is 2.14. The van der Waals surface area contributed by atoms with Gasteiger partial charge in [0.2, 0.25) is 0 Å². The maximum atomic E-state index is 6.29. The molecule has 0 aromatic carbocycles. The highest BCUT2D eigenvalue weighted by Crippen LogP contribution is 2.55. The van der Waals surface area contributed by atoms with Crippen LogP contribution in [-0.2, 0) is 0 Å². The summed E-state index contributed by atoms with van der Waals surface area (Å²) >= 11 is 0. The van der Waals surface area contributed by atoms with Gasteiger partial charge in [-0.3, -0.25) is 0 Å². The average molecular weight is 209 g/mol. The monoisotopic (exact) mass is 209 g/mol. The van der Waals surface area contributed by atoms with Crippen LogP contribution in [0.2, 0.25) is 0 Å². The molecule has 2 saturated carbocycles. The van der Waals surface area contributed by atoms with Gasteiger partial charge in [0.05, 0.1) is 0 Å². The summed E-state index contributed by atoms with van der Waals surface area (Å²) in [6, 6.07) is 0.396. The first-order chi connectivity index (χ1) is 7.07. The molecule has 88 valence electrons. The fraction of sp³-hybridized carbons (Fsp3) is 1.00. The molecule has 0 spiro atoms. The first-order valence-electron chi connectivity index (χ1n) is 6.83. The van der Waals surface area contributed by atoms with E-state index >= 15 is 0 Å². The van der Waals surface area contributed by atoms with Crippen molar-refractivity contribution in [2.45, 2.75) is 65.3 Å². The summed E-state index contributed by atoms with van der Waals surface area (Å²) in [5.74, 6) is 2.95. The Bertz CT molecular complexity index is 221. The highest BCUT2D eigenvalue weighted by molar-refractivity contribution is 4.99. The fourth-order valence-corrected chi connectivity index (χ4v) is 4.41. The maximum Gasteiger partial charge on any atom is 0.00672 e. The van der Waals surface area contributed by atoms with Gasteiger partial charge in [-0.15, -0.1) is 0 Å². The number of fused-ring (bicyclic) bond motifs is 2. The van der Waals surface area contributed by atoms with Crippen LogP contribution in [0.15, 0.2) is 0 Å². The van der Waals surface area contributed by atoms with E-state index in [1.807, 2.05) is 0 Å². The number of nitrogens with two attached hydrogens (primary N) is 1. The summed E-state index contributed by atoms with van der Waals surface area (Å²) < 4.78 is 0. The van der Waals surface area contributed by atoms with Gasteiger partial charge in [0.25, 0.3) is 0 Å². The van der Waals surface area contributed by atoms with Crippen LogP contribution in [0.1, 0.15) is 59.3 Å². The van der Waals surface area contributed by atoms with Crippen molar-refractivity contribution in [3.05, 3.63) is 0 Å². The second-order valence-electron chi connectivity index (χ2n) is 6.38. The molecule has 5 atom stereocenters. The lowest BCUT2D eigenvalue weighted by Gasteiger charge is -2.44. The summed E-state index contributed by atoms with van der Waals surface area (Å²) in [5, 5.41) is 0. The third kappa shape index (κ3) is 1.95. The second-order valence-corrected chi connectivity index (χ2v) is 6.38. The first kappa shape index (κ1) is 11.4. The normalized spacial score (nSPS) is 46.8. The Hall–Kier alpha value is -0.0400. The summed E-state index contributed by atoms with van der Waals surface area (Å²) in [6.07, 6.45) is 8.46. The van der Waals surface area contributed by atoms with E-state index in [4.69, 9.17) is 5.73 Å². The van der Waals surface area contributed by atoms with Crippen LogP contribution >= 0.6 is 0 Å². The van der Waals surface area contributed by atoms with Crippen LogP contribution < -0.4 is 5.73 Å². The van der Waals surface area contributed by atoms with E-state index in [2.05, 4.69) is 20.8 Å². The molecule has 2 aliphatic rings. The maximum absolute atomic E-state index is 6.29. The average Bonchev–Trinajstić information content (AvgIpc) is 2.41. The van der Waals surface area contributed by atoms with Gasteiger partial charge < -0.3 is 5.73 Å². The van der Waals surface area contributed by atoms with Gasteiger partial charge in [-0.25, -0.2) is 0 Å². The summed E-state index contributed by atoms with van der Waals surface area (Å²) in [6.45, 7) is 7.00. The topological polar surface area (TPSA) is 26.0 Å². The van der Waals surface area contributed by atoms with Crippen molar-refractivity contribution in [1.29, 1.82) is 0 Å². The molecule has 2 rings (SSSR count). The molecule has 0 aromatic rings. The van der Waals surface area contributed by atoms with E-state index in [1.54, 1.807) is 0 Å². The van der Waals surface area contributed by atoms with Crippen LogP contribution in [-0.4, -0.2) is 6.04 Å². The quantitative estimate of drug-likeness (QED) is 0.755. The molecule has 1 nitrogen and oxygen atoms in total. The molecule has 0 aliphatic heterocycles. The van der Waals surface area contributed by atoms with E-state index in [1.165, 1.54) is 38.5 Å². The molecular weight excluding hydrogens is 182 g/mol. The Morgan fingerprint density at radius 2 is 2.07 bits per heavy atom. The third-order valence-electron chi connectivity index (χ3n) is 5.22. The lowest BCUT2D eigenvalue weighted by atomic mass is 9.63. The molecule has 0 heterocycles. The van der Waals surface area contributed by atoms with Crippen LogP contribution in [0, 0.1) is 23.2 Å².